The first kappa shape index (κ1) is 18.5. The van der Waals surface area contributed by atoms with E-state index in [2.05, 4.69) is 62.1 Å². The highest BCUT2D eigenvalue weighted by Gasteiger charge is 2.24. The maximum Gasteiger partial charge on any atom is 0.0406 e. The van der Waals surface area contributed by atoms with Gasteiger partial charge in [-0.15, -0.1) is 0 Å². The molecule has 0 radical (unpaired) electrons. The first-order chi connectivity index (χ1) is 12.0. The number of benzene rings is 2. The van der Waals surface area contributed by atoms with Crippen molar-refractivity contribution in [1.29, 1.82) is 0 Å². The van der Waals surface area contributed by atoms with Gasteiger partial charge in [0.2, 0.25) is 0 Å². The van der Waals surface area contributed by atoms with Crippen LogP contribution >= 0.6 is 11.6 Å². The summed E-state index contributed by atoms with van der Waals surface area (Å²) < 4.78 is 0. The predicted octanol–water partition coefficient (Wildman–Crippen LogP) is 6.76. The summed E-state index contributed by atoms with van der Waals surface area (Å²) in [6.07, 6.45) is 5.33. The molecule has 3 rings (SSSR count). The molecule has 3 atom stereocenters. The number of halogens is 1. The van der Waals surface area contributed by atoms with Crippen LogP contribution in [0.2, 0.25) is 5.02 Å². The Kier molecular flexibility index (Phi) is 6.19. The fourth-order valence-electron chi connectivity index (χ4n) is 4.07. The summed E-state index contributed by atoms with van der Waals surface area (Å²) in [6, 6.07) is 18.6. The largest absolute Gasteiger partial charge is 0.298 e. The van der Waals surface area contributed by atoms with E-state index in [-0.39, 0.29) is 0 Å². The highest BCUT2D eigenvalue weighted by atomic mass is 35.5. The first-order valence-electron chi connectivity index (χ1n) is 9.66. The zero-order valence-electron chi connectivity index (χ0n) is 15.7. The number of piperidine rings is 1. The molecule has 1 fully saturated rings. The van der Waals surface area contributed by atoms with Crippen LogP contribution < -0.4 is 0 Å². The third kappa shape index (κ3) is 4.65. The smallest absolute Gasteiger partial charge is 0.0406 e. The summed E-state index contributed by atoms with van der Waals surface area (Å²) in [7, 11) is 0. The lowest BCUT2D eigenvalue weighted by molar-refractivity contribution is 0.100. The average molecular weight is 356 g/mol. The predicted molar refractivity (Wildman–Crippen MR) is 109 cm³/mol. The highest BCUT2D eigenvalue weighted by molar-refractivity contribution is 6.30. The Morgan fingerprint density at radius 1 is 0.920 bits per heavy atom. The summed E-state index contributed by atoms with van der Waals surface area (Å²) in [5.41, 5.74) is 3.92. The molecule has 1 aliphatic rings. The fourth-order valence-corrected chi connectivity index (χ4v) is 4.20. The van der Waals surface area contributed by atoms with Crippen molar-refractivity contribution in [1.82, 2.24) is 4.90 Å². The zero-order chi connectivity index (χ0) is 17.8. The van der Waals surface area contributed by atoms with Gasteiger partial charge in [-0.05, 0) is 74.4 Å². The maximum absolute atomic E-state index is 5.98. The third-order valence-corrected chi connectivity index (χ3v) is 6.11. The Labute approximate surface area is 158 Å². The van der Waals surface area contributed by atoms with E-state index in [1.807, 2.05) is 12.1 Å². The van der Waals surface area contributed by atoms with Crippen molar-refractivity contribution in [3.05, 3.63) is 59.1 Å². The Bertz CT molecular complexity index is 651. The van der Waals surface area contributed by atoms with Crippen LogP contribution in [-0.4, -0.2) is 23.5 Å². The van der Waals surface area contributed by atoms with Crippen LogP contribution in [0.3, 0.4) is 0 Å². The topological polar surface area (TPSA) is 3.24 Å². The molecule has 0 amide bonds. The molecule has 2 aromatic carbocycles. The molecule has 0 spiro atoms. The van der Waals surface area contributed by atoms with E-state index in [1.165, 1.54) is 48.9 Å². The van der Waals surface area contributed by atoms with Crippen molar-refractivity contribution >= 4 is 11.6 Å². The quantitative estimate of drug-likeness (QED) is 0.572. The van der Waals surface area contributed by atoms with Crippen molar-refractivity contribution in [3.63, 3.8) is 0 Å². The molecule has 1 heterocycles. The van der Waals surface area contributed by atoms with E-state index in [1.54, 1.807) is 0 Å². The molecule has 0 aromatic heterocycles. The number of hydrogen-bond donors (Lipinski definition) is 0. The Morgan fingerprint density at radius 2 is 1.44 bits per heavy atom. The van der Waals surface area contributed by atoms with Crippen LogP contribution in [0.4, 0.5) is 0 Å². The minimum atomic E-state index is 0.598. The number of hydrogen-bond acceptors (Lipinski definition) is 1. The fraction of sp³-hybridized carbons (Fsp3) is 0.478. The summed E-state index contributed by atoms with van der Waals surface area (Å²) in [5.74, 6) is 0.598. The SMILES string of the molecule is CC(CCN1C(C)CCCC1C)c1ccc(-c2ccc(Cl)cc2)cc1. The van der Waals surface area contributed by atoms with Gasteiger partial charge in [-0.3, -0.25) is 4.90 Å². The van der Waals surface area contributed by atoms with Gasteiger partial charge in [0.1, 0.15) is 0 Å². The lowest BCUT2D eigenvalue weighted by Crippen LogP contribution is -2.44. The second kappa shape index (κ2) is 8.38. The van der Waals surface area contributed by atoms with Crippen LogP contribution in [0.5, 0.6) is 0 Å². The van der Waals surface area contributed by atoms with E-state index in [9.17, 15) is 0 Å². The molecule has 1 saturated heterocycles. The number of likely N-dealkylation sites (tertiary alicyclic amines) is 1. The van der Waals surface area contributed by atoms with Gasteiger partial charge >= 0.3 is 0 Å². The molecule has 0 aliphatic carbocycles. The minimum Gasteiger partial charge on any atom is -0.298 e. The van der Waals surface area contributed by atoms with Gasteiger partial charge in [0.25, 0.3) is 0 Å². The van der Waals surface area contributed by atoms with E-state index >= 15 is 0 Å². The average Bonchev–Trinajstić information content (AvgIpc) is 2.62. The summed E-state index contributed by atoms with van der Waals surface area (Å²) >= 11 is 5.98. The maximum atomic E-state index is 5.98. The molecule has 3 unspecified atom stereocenters. The standard InChI is InChI=1S/C23H30ClN/c1-17(15-16-25-18(2)5-4-6-19(25)3)20-7-9-21(10-8-20)22-11-13-23(24)14-12-22/h7-14,17-19H,4-6,15-16H2,1-3H3. The lowest BCUT2D eigenvalue weighted by atomic mass is 9.93. The van der Waals surface area contributed by atoms with Gasteiger partial charge in [0.05, 0.1) is 0 Å². The monoisotopic (exact) mass is 355 g/mol. The van der Waals surface area contributed by atoms with Crippen LogP contribution in [0.1, 0.15) is 57.9 Å². The zero-order valence-corrected chi connectivity index (χ0v) is 16.5. The summed E-state index contributed by atoms with van der Waals surface area (Å²) in [4.78, 5) is 2.71. The van der Waals surface area contributed by atoms with Crippen molar-refractivity contribution in [3.8, 4) is 11.1 Å². The molecule has 0 N–H and O–H groups in total. The van der Waals surface area contributed by atoms with E-state index < -0.39 is 0 Å². The number of nitrogens with zero attached hydrogens (tertiary/aromatic N) is 1. The Hall–Kier alpha value is -1.31. The normalized spacial score (nSPS) is 22.7. The third-order valence-electron chi connectivity index (χ3n) is 5.85. The lowest BCUT2D eigenvalue weighted by Gasteiger charge is -2.39. The van der Waals surface area contributed by atoms with Crippen molar-refractivity contribution in [2.24, 2.45) is 0 Å². The van der Waals surface area contributed by atoms with Crippen molar-refractivity contribution in [2.45, 2.75) is 64.5 Å². The number of rotatable bonds is 5. The van der Waals surface area contributed by atoms with Crippen LogP contribution in [0.25, 0.3) is 11.1 Å². The molecule has 134 valence electrons. The van der Waals surface area contributed by atoms with Gasteiger partial charge in [0.15, 0.2) is 0 Å². The van der Waals surface area contributed by atoms with Gasteiger partial charge in [-0.2, -0.15) is 0 Å². The highest BCUT2D eigenvalue weighted by Crippen LogP contribution is 2.28. The van der Waals surface area contributed by atoms with E-state index in [0.29, 0.717) is 5.92 Å². The molecule has 0 bridgehead atoms. The molecular weight excluding hydrogens is 326 g/mol. The van der Waals surface area contributed by atoms with E-state index in [0.717, 1.165) is 17.1 Å². The first-order valence-corrected chi connectivity index (χ1v) is 10.0. The molecular formula is C23H30ClN. The second-order valence-corrected chi connectivity index (χ2v) is 8.12. The van der Waals surface area contributed by atoms with Gasteiger partial charge in [-0.25, -0.2) is 0 Å². The van der Waals surface area contributed by atoms with Crippen molar-refractivity contribution < 1.29 is 0 Å². The summed E-state index contributed by atoms with van der Waals surface area (Å²) in [6.45, 7) is 8.35. The molecule has 1 nitrogen and oxygen atoms in total. The van der Waals surface area contributed by atoms with Crippen molar-refractivity contribution in [2.75, 3.05) is 6.54 Å². The minimum absolute atomic E-state index is 0.598. The summed E-state index contributed by atoms with van der Waals surface area (Å²) in [5, 5.41) is 0.787. The molecule has 0 saturated carbocycles. The Morgan fingerprint density at radius 3 is 2.00 bits per heavy atom. The molecule has 2 heteroatoms. The second-order valence-electron chi connectivity index (χ2n) is 7.69. The molecule has 2 aromatic rings. The van der Waals surface area contributed by atoms with E-state index in [4.69, 9.17) is 11.6 Å². The van der Waals surface area contributed by atoms with Crippen LogP contribution in [-0.2, 0) is 0 Å². The Balaban J connectivity index is 1.60. The molecule has 1 aliphatic heterocycles. The van der Waals surface area contributed by atoms with Crippen LogP contribution in [0.15, 0.2) is 48.5 Å². The molecule has 25 heavy (non-hydrogen) atoms. The van der Waals surface area contributed by atoms with Gasteiger partial charge in [0, 0.05) is 17.1 Å². The van der Waals surface area contributed by atoms with Crippen LogP contribution in [0, 0.1) is 0 Å². The van der Waals surface area contributed by atoms with Gasteiger partial charge < -0.3 is 0 Å². The van der Waals surface area contributed by atoms with Gasteiger partial charge in [-0.1, -0.05) is 61.3 Å².